The molecule has 1 aromatic carbocycles. The molecule has 1 aliphatic carbocycles. The highest BCUT2D eigenvalue weighted by molar-refractivity contribution is 14.0. The van der Waals surface area contributed by atoms with Crippen LogP contribution in [0.2, 0.25) is 0 Å². The first-order valence-corrected chi connectivity index (χ1v) is 8.32. The first kappa shape index (κ1) is 19.5. The molecule has 1 aromatic heterocycles. The molecule has 5 nitrogen and oxygen atoms in total. The Kier molecular flexibility index (Phi) is 7.04. The maximum atomic E-state index is 5.98. The van der Waals surface area contributed by atoms with Gasteiger partial charge in [0.15, 0.2) is 5.96 Å². The van der Waals surface area contributed by atoms with E-state index in [0.717, 1.165) is 17.9 Å². The van der Waals surface area contributed by atoms with Crippen molar-refractivity contribution in [1.29, 1.82) is 0 Å². The van der Waals surface area contributed by atoms with Gasteiger partial charge in [0, 0.05) is 18.0 Å². The third-order valence-corrected chi connectivity index (χ3v) is 4.17. The number of nitrogens with two attached hydrogens (primary N) is 1. The molecule has 1 heterocycles. The van der Waals surface area contributed by atoms with Gasteiger partial charge in [-0.15, -0.1) is 24.0 Å². The second-order valence-corrected chi connectivity index (χ2v) is 6.38. The van der Waals surface area contributed by atoms with Crippen molar-refractivity contribution in [2.75, 3.05) is 11.9 Å². The van der Waals surface area contributed by atoms with Gasteiger partial charge in [0.2, 0.25) is 5.88 Å². The molecule has 0 radical (unpaired) electrons. The summed E-state index contributed by atoms with van der Waals surface area (Å²) in [6.07, 6.45) is 4.29. The summed E-state index contributed by atoms with van der Waals surface area (Å²) >= 11 is 0. The minimum absolute atomic E-state index is 0. The number of halogens is 1. The van der Waals surface area contributed by atoms with Crippen molar-refractivity contribution in [2.45, 2.75) is 33.2 Å². The fourth-order valence-electron chi connectivity index (χ4n) is 2.30. The highest BCUT2D eigenvalue weighted by Crippen LogP contribution is 2.29. The number of rotatable bonds is 6. The molecule has 1 fully saturated rings. The summed E-state index contributed by atoms with van der Waals surface area (Å²) < 4.78 is 5.69. The van der Waals surface area contributed by atoms with Crippen molar-refractivity contribution >= 4 is 35.6 Å². The third kappa shape index (κ3) is 6.19. The lowest BCUT2D eigenvalue weighted by Gasteiger charge is -2.08. The van der Waals surface area contributed by atoms with Gasteiger partial charge in [-0.2, -0.15) is 0 Å². The van der Waals surface area contributed by atoms with Crippen LogP contribution < -0.4 is 15.8 Å². The van der Waals surface area contributed by atoms with Crippen LogP contribution in [0.25, 0.3) is 0 Å². The van der Waals surface area contributed by atoms with Crippen LogP contribution in [0.5, 0.6) is 5.88 Å². The van der Waals surface area contributed by atoms with Crippen molar-refractivity contribution in [2.24, 2.45) is 16.6 Å². The predicted octanol–water partition coefficient (Wildman–Crippen LogP) is 4.03. The largest absolute Gasteiger partial charge is 0.477 e. The molecule has 0 spiro atoms. The molecule has 1 aliphatic rings. The summed E-state index contributed by atoms with van der Waals surface area (Å²) in [7, 11) is 0. The van der Waals surface area contributed by atoms with Crippen LogP contribution in [0, 0.1) is 19.8 Å². The Hall–Kier alpha value is -1.83. The van der Waals surface area contributed by atoms with Crippen LogP contribution in [-0.2, 0) is 6.54 Å². The second-order valence-electron chi connectivity index (χ2n) is 6.38. The fraction of sp³-hybridized carbons (Fsp3) is 0.368. The van der Waals surface area contributed by atoms with Gasteiger partial charge < -0.3 is 15.8 Å². The summed E-state index contributed by atoms with van der Waals surface area (Å²) in [4.78, 5) is 8.62. The predicted molar refractivity (Wildman–Crippen MR) is 113 cm³/mol. The highest BCUT2D eigenvalue weighted by atomic mass is 127. The number of ether oxygens (including phenoxy) is 1. The monoisotopic (exact) mass is 452 g/mol. The zero-order valence-corrected chi connectivity index (χ0v) is 17.0. The van der Waals surface area contributed by atoms with Gasteiger partial charge in [-0.25, -0.2) is 9.98 Å². The van der Waals surface area contributed by atoms with Crippen molar-refractivity contribution in [3.8, 4) is 5.88 Å². The molecule has 6 heteroatoms. The number of aryl methyl sites for hydroxylation is 2. The van der Waals surface area contributed by atoms with Gasteiger partial charge in [-0.3, -0.25) is 0 Å². The number of anilines is 1. The van der Waals surface area contributed by atoms with Crippen LogP contribution in [-0.4, -0.2) is 17.6 Å². The Bertz CT molecular complexity index is 744. The number of hydrogen-bond donors (Lipinski definition) is 2. The zero-order chi connectivity index (χ0) is 16.9. The van der Waals surface area contributed by atoms with E-state index in [1.54, 1.807) is 6.20 Å². The summed E-state index contributed by atoms with van der Waals surface area (Å²) in [5.74, 6) is 1.78. The van der Waals surface area contributed by atoms with E-state index >= 15 is 0 Å². The van der Waals surface area contributed by atoms with Crippen LogP contribution in [0.4, 0.5) is 5.69 Å². The Balaban J connectivity index is 0.00000225. The van der Waals surface area contributed by atoms with Gasteiger partial charge >= 0.3 is 0 Å². The molecule has 0 saturated heterocycles. The zero-order valence-electron chi connectivity index (χ0n) is 14.7. The quantitative estimate of drug-likeness (QED) is 0.395. The molecule has 25 heavy (non-hydrogen) atoms. The third-order valence-electron chi connectivity index (χ3n) is 4.17. The summed E-state index contributed by atoms with van der Waals surface area (Å²) in [5.41, 5.74) is 10.4. The van der Waals surface area contributed by atoms with E-state index in [4.69, 9.17) is 10.5 Å². The molecule has 0 bridgehead atoms. The standard InChI is InChI=1S/C19H24N4O.HI/c1-13-3-6-17(9-14(13)2)23-19(20)22-11-16-7-8-21-18(10-16)24-12-15-4-5-15;/h3,6-10,15H,4-5,11-12H2,1-2H3,(H3,20,22,23);1H. The minimum atomic E-state index is 0. The van der Waals surface area contributed by atoms with E-state index in [1.165, 1.54) is 24.0 Å². The molecule has 0 unspecified atom stereocenters. The number of aromatic nitrogens is 1. The van der Waals surface area contributed by atoms with Crippen LogP contribution in [0.15, 0.2) is 41.5 Å². The number of nitrogens with one attached hydrogen (secondary N) is 1. The summed E-state index contributed by atoms with van der Waals surface area (Å²) in [6.45, 7) is 5.42. The summed E-state index contributed by atoms with van der Waals surface area (Å²) in [6, 6.07) is 9.98. The smallest absolute Gasteiger partial charge is 0.213 e. The normalized spacial score (nSPS) is 13.9. The van der Waals surface area contributed by atoms with E-state index in [0.29, 0.717) is 24.3 Å². The SMILES string of the molecule is Cc1ccc(NC(N)=NCc2ccnc(OCC3CC3)c2)cc1C.I. The van der Waals surface area contributed by atoms with Gasteiger partial charge in [0.25, 0.3) is 0 Å². The Morgan fingerprint density at radius 1 is 1.24 bits per heavy atom. The van der Waals surface area contributed by atoms with Gasteiger partial charge in [-0.05, 0) is 67.5 Å². The van der Waals surface area contributed by atoms with Crippen molar-refractivity contribution in [3.05, 3.63) is 53.2 Å². The van der Waals surface area contributed by atoms with Gasteiger partial charge in [0.05, 0.1) is 13.2 Å². The Morgan fingerprint density at radius 2 is 2.04 bits per heavy atom. The Morgan fingerprint density at radius 3 is 2.76 bits per heavy atom. The van der Waals surface area contributed by atoms with Crippen LogP contribution >= 0.6 is 24.0 Å². The summed E-state index contributed by atoms with van der Waals surface area (Å²) in [5, 5.41) is 3.12. The molecule has 3 N–H and O–H groups in total. The Labute approximate surface area is 166 Å². The molecule has 0 atom stereocenters. The number of aliphatic imine (C=N–C) groups is 1. The average molecular weight is 452 g/mol. The van der Waals surface area contributed by atoms with Gasteiger partial charge in [-0.1, -0.05) is 6.07 Å². The maximum Gasteiger partial charge on any atom is 0.213 e. The molecule has 134 valence electrons. The topological polar surface area (TPSA) is 72.5 Å². The number of pyridine rings is 1. The van der Waals surface area contributed by atoms with Crippen molar-refractivity contribution < 1.29 is 4.74 Å². The number of hydrogen-bond acceptors (Lipinski definition) is 3. The maximum absolute atomic E-state index is 5.98. The molecule has 0 aliphatic heterocycles. The van der Waals surface area contributed by atoms with E-state index in [1.807, 2.05) is 18.2 Å². The van der Waals surface area contributed by atoms with Crippen molar-refractivity contribution in [3.63, 3.8) is 0 Å². The molecule has 2 aromatic rings. The first-order chi connectivity index (χ1) is 11.6. The second kappa shape index (κ2) is 9.03. The van der Waals surface area contributed by atoms with E-state index in [9.17, 15) is 0 Å². The van der Waals surface area contributed by atoms with E-state index in [2.05, 4.69) is 41.3 Å². The van der Waals surface area contributed by atoms with Crippen molar-refractivity contribution in [1.82, 2.24) is 4.98 Å². The molecule has 0 amide bonds. The fourth-order valence-corrected chi connectivity index (χ4v) is 2.30. The average Bonchev–Trinajstić information content (AvgIpc) is 3.39. The van der Waals surface area contributed by atoms with E-state index in [-0.39, 0.29) is 24.0 Å². The highest BCUT2D eigenvalue weighted by Gasteiger charge is 2.22. The lowest BCUT2D eigenvalue weighted by Crippen LogP contribution is -2.22. The first-order valence-electron chi connectivity index (χ1n) is 8.32. The number of benzene rings is 1. The lowest BCUT2D eigenvalue weighted by atomic mass is 10.1. The number of guanidine groups is 1. The number of nitrogens with zero attached hydrogens (tertiary/aromatic N) is 2. The molecular weight excluding hydrogens is 427 g/mol. The minimum Gasteiger partial charge on any atom is -0.477 e. The van der Waals surface area contributed by atoms with Crippen LogP contribution in [0.3, 0.4) is 0 Å². The van der Waals surface area contributed by atoms with Crippen LogP contribution in [0.1, 0.15) is 29.5 Å². The van der Waals surface area contributed by atoms with E-state index < -0.39 is 0 Å². The van der Waals surface area contributed by atoms with Gasteiger partial charge in [0.1, 0.15) is 0 Å². The molecule has 3 rings (SSSR count). The molecular formula is C19H25IN4O. The lowest BCUT2D eigenvalue weighted by molar-refractivity contribution is 0.288. The molecule has 1 saturated carbocycles.